The fraction of sp³-hybridized carbons (Fsp3) is 0.500. The molecule has 0 aliphatic carbocycles. The van der Waals surface area contributed by atoms with E-state index in [0.29, 0.717) is 6.04 Å². The first kappa shape index (κ1) is 12.2. The quantitative estimate of drug-likeness (QED) is 0.868. The maximum atomic E-state index is 4.71. The van der Waals surface area contributed by atoms with Gasteiger partial charge >= 0.3 is 0 Å². The number of rotatable bonds is 3. The minimum Gasteiger partial charge on any atom is -0.307 e. The molecule has 2 aromatic rings. The maximum Gasteiger partial charge on any atom is 0.138 e. The SMILES string of the molecule is CCN1CCCC1Cc1cn2ccc(Br)cc2n1. The molecule has 4 heteroatoms. The number of fused-ring (bicyclic) bond motifs is 1. The van der Waals surface area contributed by atoms with Crippen molar-refractivity contribution in [2.75, 3.05) is 13.1 Å². The monoisotopic (exact) mass is 307 g/mol. The predicted octanol–water partition coefficient (Wildman–Crippen LogP) is 3.12. The van der Waals surface area contributed by atoms with Gasteiger partial charge < -0.3 is 9.30 Å². The van der Waals surface area contributed by atoms with Gasteiger partial charge in [-0.3, -0.25) is 0 Å². The van der Waals surface area contributed by atoms with Gasteiger partial charge in [0.25, 0.3) is 0 Å². The van der Waals surface area contributed by atoms with Gasteiger partial charge in [-0.2, -0.15) is 0 Å². The van der Waals surface area contributed by atoms with Gasteiger partial charge in [0.05, 0.1) is 5.69 Å². The predicted molar refractivity (Wildman–Crippen MR) is 76.9 cm³/mol. The number of pyridine rings is 1. The van der Waals surface area contributed by atoms with Crippen molar-refractivity contribution in [3.05, 3.63) is 34.7 Å². The molecule has 1 aliphatic heterocycles. The van der Waals surface area contributed by atoms with Crippen LogP contribution in [0.25, 0.3) is 5.65 Å². The summed E-state index contributed by atoms with van der Waals surface area (Å²) in [5.74, 6) is 0. The molecule has 1 aliphatic rings. The Morgan fingerprint density at radius 2 is 2.39 bits per heavy atom. The number of likely N-dealkylation sites (tertiary alicyclic amines) is 1. The summed E-state index contributed by atoms with van der Waals surface area (Å²) in [5, 5.41) is 0. The van der Waals surface area contributed by atoms with E-state index in [-0.39, 0.29) is 0 Å². The second kappa shape index (κ2) is 5.02. The minimum atomic E-state index is 0.684. The molecule has 2 aromatic heterocycles. The van der Waals surface area contributed by atoms with E-state index in [4.69, 9.17) is 4.98 Å². The zero-order valence-corrected chi connectivity index (χ0v) is 12.2. The van der Waals surface area contributed by atoms with E-state index in [1.807, 2.05) is 6.07 Å². The first-order chi connectivity index (χ1) is 8.76. The van der Waals surface area contributed by atoms with E-state index in [0.717, 1.165) is 23.1 Å². The molecular formula is C14H18BrN3. The molecular weight excluding hydrogens is 290 g/mol. The van der Waals surface area contributed by atoms with Crippen LogP contribution in [-0.4, -0.2) is 33.4 Å². The van der Waals surface area contributed by atoms with Crippen LogP contribution >= 0.6 is 15.9 Å². The molecule has 3 nitrogen and oxygen atoms in total. The van der Waals surface area contributed by atoms with Crippen LogP contribution < -0.4 is 0 Å². The molecule has 0 spiro atoms. The summed E-state index contributed by atoms with van der Waals surface area (Å²) in [6.07, 6.45) is 7.94. The van der Waals surface area contributed by atoms with Crippen LogP contribution in [-0.2, 0) is 6.42 Å². The summed E-state index contributed by atoms with van der Waals surface area (Å²) < 4.78 is 3.19. The molecule has 0 amide bonds. The Morgan fingerprint density at radius 3 is 3.22 bits per heavy atom. The topological polar surface area (TPSA) is 20.5 Å². The van der Waals surface area contributed by atoms with Gasteiger partial charge in [-0.15, -0.1) is 0 Å². The third-order valence-corrected chi connectivity index (χ3v) is 4.32. The first-order valence-electron chi connectivity index (χ1n) is 6.63. The van der Waals surface area contributed by atoms with Crippen LogP contribution in [0.3, 0.4) is 0 Å². The number of imidazole rings is 1. The Hall–Kier alpha value is -0.870. The van der Waals surface area contributed by atoms with Gasteiger partial charge in [0.15, 0.2) is 0 Å². The minimum absolute atomic E-state index is 0.684. The van der Waals surface area contributed by atoms with Crippen molar-refractivity contribution in [3.63, 3.8) is 0 Å². The van der Waals surface area contributed by atoms with Crippen molar-refractivity contribution >= 4 is 21.6 Å². The van der Waals surface area contributed by atoms with Crippen molar-refractivity contribution in [1.82, 2.24) is 14.3 Å². The molecule has 0 radical (unpaired) electrons. The van der Waals surface area contributed by atoms with Crippen molar-refractivity contribution in [2.24, 2.45) is 0 Å². The van der Waals surface area contributed by atoms with E-state index >= 15 is 0 Å². The van der Waals surface area contributed by atoms with E-state index in [9.17, 15) is 0 Å². The molecule has 96 valence electrons. The normalized spacial score (nSPS) is 20.9. The molecule has 0 aromatic carbocycles. The molecule has 0 N–H and O–H groups in total. The maximum absolute atomic E-state index is 4.71. The number of likely N-dealkylation sites (N-methyl/N-ethyl adjacent to an activating group) is 1. The second-order valence-corrected chi connectivity index (χ2v) is 5.89. The third-order valence-electron chi connectivity index (χ3n) is 3.82. The lowest BCUT2D eigenvalue weighted by atomic mass is 10.1. The summed E-state index contributed by atoms with van der Waals surface area (Å²) in [5.41, 5.74) is 2.24. The second-order valence-electron chi connectivity index (χ2n) is 4.97. The number of nitrogens with zero attached hydrogens (tertiary/aromatic N) is 3. The summed E-state index contributed by atoms with van der Waals surface area (Å²) >= 11 is 3.49. The molecule has 18 heavy (non-hydrogen) atoms. The number of hydrogen-bond donors (Lipinski definition) is 0. The van der Waals surface area contributed by atoms with E-state index in [1.165, 1.54) is 25.1 Å². The van der Waals surface area contributed by atoms with E-state index in [2.05, 4.69) is 50.6 Å². The summed E-state index contributed by atoms with van der Waals surface area (Å²) in [6.45, 7) is 4.66. The van der Waals surface area contributed by atoms with Crippen molar-refractivity contribution in [2.45, 2.75) is 32.2 Å². The lowest BCUT2D eigenvalue weighted by molar-refractivity contribution is 0.265. The van der Waals surface area contributed by atoms with Gasteiger partial charge in [0.2, 0.25) is 0 Å². The third kappa shape index (κ3) is 2.31. The van der Waals surface area contributed by atoms with Crippen molar-refractivity contribution in [3.8, 4) is 0 Å². The van der Waals surface area contributed by atoms with E-state index in [1.54, 1.807) is 0 Å². The first-order valence-corrected chi connectivity index (χ1v) is 7.43. The van der Waals surface area contributed by atoms with Gasteiger partial charge in [-0.25, -0.2) is 4.98 Å². The van der Waals surface area contributed by atoms with Crippen LogP contribution in [0.4, 0.5) is 0 Å². The number of aromatic nitrogens is 2. The Morgan fingerprint density at radius 1 is 1.50 bits per heavy atom. The van der Waals surface area contributed by atoms with E-state index < -0.39 is 0 Å². The average molecular weight is 308 g/mol. The number of hydrogen-bond acceptors (Lipinski definition) is 2. The van der Waals surface area contributed by atoms with Crippen LogP contribution in [0.15, 0.2) is 29.0 Å². The Labute approximate surface area is 116 Å². The highest BCUT2D eigenvalue weighted by molar-refractivity contribution is 9.10. The molecule has 3 heterocycles. The molecule has 1 unspecified atom stereocenters. The largest absolute Gasteiger partial charge is 0.307 e. The molecule has 0 saturated carbocycles. The van der Waals surface area contributed by atoms with Gasteiger partial charge in [0, 0.05) is 29.3 Å². The van der Waals surface area contributed by atoms with Crippen LogP contribution in [0.5, 0.6) is 0 Å². The van der Waals surface area contributed by atoms with Crippen molar-refractivity contribution in [1.29, 1.82) is 0 Å². The highest BCUT2D eigenvalue weighted by Gasteiger charge is 2.23. The summed E-state index contributed by atoms with van der Waals surface area (Å²) in [6, 6.07) is 4.80. The Balaban J connectivity index is 1.82. The van der Waals surface area contributed by atoms with Gasteiger partial charge in [-0.05, 0) is 38.1 Å². The van der Waals surface area contributed by atoms with Crippen molar-refractivity contribution < 1.29 is 0 Å². The van der Waals surface area contributed by atoms with Gasteiger partial charge in [0.1, 0.15) is 5.65 Å². The lowest BCUT2D eigenvalue weighted by Gasteiger charge is -2.21. The fourth-order valence-electron chi connectivity index (χ4n) is 2.89. The number of halogens is 1. The molecule has 1 atom stereocenters. The van der Waals surface area contributed by atoms with Crippen LogP contribution in [0.1, 0.15) is 25.5 Å². The molecule has 0 bridgehead atoms. The standard InChI is InChI=1S/C14H18BrN3/c1-2-17-6-3-4-13(17)9-12-10-18-7-5-11(15)8-14(18)16-12/h5,7-8,10,13H,2-4,6,9H2,1H3. The smallest absolute Gasteiger partial charge is 0.138 e. The highest BCUT2D eigenvalue weighted by atomic mass is 79.9. The Bertz CT molecular complexity index is 549. The summed E-state index contributed by atoms with van der Waals surface area (Å²) in [4.78, 5) is 7.28. The average Bonchev–Trinajstić information content (AvgIpc) is 2.94. The molecule has 3 rings (SSSR count). The lowest BCUT2D eigenvalue weighted by Crippen LogP contribution is -2.30. The van der Waals surface area contributed by atoms with Crippen LogP contribution in [0.2, 0.25) is 0 Å². The zero-order valence-electron chi connectivity index (χ0n) is 10.6. The molecule has 1 fully saturated rings. The molecule has 1 saturated heterocycles. The fourth-order valence-corrected chi connectivity index (χ4v) is 3.21. The van der Waals surface area contributed by atoms with Gasteiger partial charge in [-0.1, -0.05) is 22.9 Å². The Kier molecular flexibility index (Phi) is 3.39. The zero-order chi connectivity index (χ0) is 12.5. The van der Waals surface area contributed by atoms with Crippen LogP contribution in [0, 0.1) is 0 Å². The summed E-state index contributed by atoms with van der Waals surface area (Å²) in [7, 11) is 0. The highest BCUT2D eigenvalue weighted by Crippen LogP contribution is 2.21.